The minimum Gasteiger partial charge on any atom is -0.426 e. The van der Waals surface area contributed by atoms with Gasteiger partial charge in [-0.15, -0.1) is 6.58 Å². The number of ether oxygens (including phenoxy) is 2. The highest BCUT2D eigenvalue weighted by Crippen LogP contribution is 2.38. The Hall–Kier alpha value is -1.61. The maximum absolute atomic E-state index is 12.1. The zero-order valence-corrected chi connectivity index (χ0v) is 9.94. The van der Waals surface area contributed by atoms with Gasteiger partial charge in [0.25, 0.3) is 0 Å². The molecule has 17 heavy (non-hydrogen) atoms. The van der Waals surface area contributed by atoms with Gasteiger partial charge in [0.2, 0.25) is 0 Å². The van der Waals surface area contributed by atoms with Crippen molar-refractivity contribution in [3.8, 4) is 5.75 Å². The highest BCUT2D eigenvalue weighted by atomic mass is 16.5. The molecule has 0 saturated carbocycles. The predicted octanol–water partition coefficient (Wildman–Crippen LogP) is 2.36. The lowest BCUT2D eigenvalue weighted by molar-refractivity contribution is -0.151. The van der Waals surface area contributed by atoms with E-state index in [0.717, 1.165) is 5.56 Å². The molecule has 1 aromatic rings. The normalized spacial score (nSPS) is 22.8. The molecule has 0 radical (unpaired) electrons. The lowest BCUT2D eigenvalue weighted by atomic mass is 9.77. The van der Waals surface area contributed by atoms with E-state index in [9.17, 15) is 4.79 Å². The van der Waals surface area contributed by atoms with E-state index in [1.165, 1.54) is 0 Å². The molecule has 0 saturated heterocycles. The number of carbonyl (C=O) groups is 1. The SMILES string of the molecule is C=CC[C@@]1(COC)Cc2ccccc2OC1=O. The van der Waals surface area contributed by atoms with Crippen molar-refractivity contribution in [1.29, 1.82) is 0 Å². The zero-order valence-electron chi connectivity index (χ0n) is 9.94. The summed E-state index contributed by atoms with van der Waals surface area (Å²) in [6.07, 6.45) is 2.95. The number of esters is 1. The first-order valence-corrected chi connectivity index (χ1v) is 5.62. The van der Waals surface area contributed by atoms with Crippen molar-refractivity contribution in [2.45, 2.75) is 12.8 Å². The van der Waals surface area contributed by atoms with Crippen molar-refractivity contribution < 1.29 is 14.3 Å². The minimum absolute atomic E-state index is 0.224. The molecule has 1 heterocycles. The van der Waals surface area contributed by atoms with E-state index in [1.807, 2.05) is 24.3 Å². The fraction of sp³-hybridized carbons (Fsp3) is 0.357. The number of methoxy groups -OCH3 is 1. The van der Waals surface area contributed by atoms with Crippen molar-refractivity contribution in [3.05, 3.63) is 42.5 Å². The predicted molar refractivity (Wildman–Crippen MR) is 64.9 cm³/mol. The van der Waals surface area contributed by atoms with Gasteiger partial charge >= 0.3 is 5.97 Å². The number of hydrogen-bond donors (Lipinski definition) is 0. The second-order valence-corrected chi connectivity index (χ2v) is 4.38. The molecule has 0 bridgehead atoms. The molecule has 3 heteroatoms. The van der Waals surface area contributed by atoms with E-state index >= 15 is 0 Å². The van der Waals surface area contributed by atoms with E-state index in [1.54, 1.807) is 13.2 Å². The van der Waals surface area contributed by atoms with Crippen LogP contribution in [0.5, 0.6) is 5.75 Å². The van der Waals surface area contributed by atoms with Crippen LogP contribution in [-0.2, 0) is 16.0 Å². The summed E-state index contributed by atoms with van der Waals surface area (Å²) >= 11 is 0. The molecule has 0 aliphatic carbocycles. The Labute approximate surface area is 101 Å². The van der Waals surface area contributed by atoms with Crippen molar-refractivity contribution in [2.24, 2.45) is 5.41 Å². The standard InChI is InChI=1S/C14H16O3/c1-3-8-14(10-16-2)9-11-6-4-5-7-12(11)17-13(14)15/h3-7H,1,8-10H2,2H3/t14-/m0/s1. The molecular formula is C14H16O3. The monoisotopic (exact) mass is 232 g/mol. The molecule has 1 atom stereocenters. The average Bonchev–Trinajstić information content (AvgIpc) is 2.31. The van der Waals surface area contributed by atoms with Crippen LogP contribution in [0.1, 0.15) is 12.0 Å². The van der Waals surface area contributed by atoms with E-state index in [2.05, 4.69) is 6.58 Å². The van der Waals surface area contributed by atoms with Crippen molar-refractivity contribution in [2.75, 3.05) is 13.7 Å². The summed E-state index contributed by atoms with van der Waals surface area (Å²) in [5, 5.41) is 0. The highest BCUT2D eigenvalue weighted by molar-refractivity contribution is 5.82. The third kappa shape index (κ3) is 2.11. The summed E-state index contributed by atoms with van der Waals surface area (Å²) in [7, 11) is 1.60. The first-order valence-electron chi connectivity index (χ1n) is 5.62. The van der Waals surface area contributed by atoms with Crippen LogP contribution in [0.3, 0.4) is 0 Å². The molecule has 0 spiro atoms. The largest absolute Gasteiger partial charge is 0.426 e. The maximum Gasteiger partial charge on any atom is 0.320 e. The number of carbonyl (C=O) groups excluding carboxylic acids is 1. The summed E-state index contributed by atoms with van der Waals surface area (Å²) in [6, 6.07) is 7.61. The zero-order chi connectivity index (χ0) is 12.3. The first kappa shape index (κ1) is 11.9. The molecule has 1 aliphatic heterocycles. The van der Waals surface area contributed by atoms with E-state index in [-0.39, 0.29) is 5.97 Å². The van der Waals surface area contributed by atoms with Gasteiger partial charge in [0.05, 0.1) is 12.0 Å². The van der Waals surface area contributed by atoms with Gasteiger partial charge in [-0.1, -0.05) is 24.3 Å². The number of para-hydroxylation sites is 1. The molecule has 0 aromatic heterocycles. The second-order valence-electron chi connectivity index (χ2n) is 4.38. The number of rotatable bonds is 4. The molecule has 1 aromatic carbocycles. The Bertz CT molecular complexity index is 439. The van der Waals surface area contributed by atoms with Gasteiger partial charge < -0.3 is 9.47 Å². The number of benzene rings is 1. The van der Waals surface area contributed by atoms with Gasteiger partial charge in [-0.3, -0.25) is 4.79 Å². The molecular weight excluding hydrogens is 216 g/mol. The molecule has 0 amide bonds. The molecule has 0 unspecified atom stereocenters. The van der Waals surface area contributed by atoms with Gasteiger partial charge in [0, 0.05) is 7.11 Å². The van der Waals surface area contributed by atoms with Gasteiger partial charge in [-0.25, -0.2) is 0 Å². The molecule has 0 N–H and O–H groups in total. The van der Waals surface area contributed by atoms with Crippen molar-refractivity contribution in [1.82, 2.24) is 0 Å². The average molecular weight is 232 g/mol. The lowest BCUT2D eigenvalue weighted by Crippen LogP contribution is -2.43. The maximum atomic E-state index is 12.1. The quantitative estimate of drug-likeness (QED) is 0.454. The van der Waals surface area contributed by atoms with Crippen LogP contribution in [0.15, 0.2) is 36.9 Å². The van der Waals surface area contributed by atoms with Crippen LogP contribution in [-0.4, -0.2) is 19.7 Å². The fourth-order valence-corrected chi connectivity index (χ4v) is 2.27. The fourth-order valence-electron chi connectivity index (χ4n) is 2.27. The summed E-state index contributed by atoms with van der Waals surface area (Å²) in [5.74, 6) is 0.436. The summed E-state index contributed by atoms with van der Waals surface area (Å²) < 4.78 is 10.6. The minimum atomic E-state index is -0.620. The van der Waals surface area contributed by atoms with Crippen LogP contribution in [0, 0.1) is 5.41 Å². The van der Waals surface area contributed by atoms with Crippen molar-refractivity contribution >= 4 is 5.97 Å². The lowest BCUT2D eigenvalue weighted by Gasteiger charge is -2.34. The molecule has 1 aliphatic rings. The van der Waals surface area contributed by atoms with E-state index in [0.29, 0.717) is 25.2 Å². The number of allylic oxidation sites excluding steroid dienone is 1. The molecule has 2 rings (SSSR count). The molecule has 90 valence electrons. The van der Waals surface area contributed by atoms with Crippen LogP contribution < -0.4 is 4.74 Å². The van der Waals surface area contributed by atoms with Crippen LogP contribution >= 0.6 is 0 Å². The Kier molecular flexibility index (Phi) is 3.29. The van der Waals surface area contributed by atoms with Crippen LogP contribution in [0.25, 0.3) is 0 Å². The van der Waals surface area contributed by atoms with Gasteiger partial charge in [0.15, 0.2) is 0 Å². The van der Waals surface area contributed by atoms with E-state index in [4.69, 9.17) is 9.47 Å². The third-order valence-electron chi connectivity index (χ3n) is 3.09. The van der Waals surface area contributed by atoms with E-state index < -0.39 is 5.41 Å². The van der Waals surface area contributed by atoms with Crippen LogP contribution in [0.2, 0.25) is 0 Å². The Morgan fingerprint density at radius 3 is 3.00 bits per heavy atom. The van der Waals surface area contributed by atoms with Crippen LogP contribution in [0.4, 0.5) is 0 Å². The Morgan fingerprint density at radius 1 is 1.53 bits per heavy atom. The summed E-state index contributed by atoms with van der Waals surface area (Å²) in [4.78, 5) is 12.1. The summed E-state index contributed by atoms with van der Waals surface area (Å²) in [6.45, 7) is 4.06. The first-order chi connectivity index (χ1) is 8.22. The van der Waals surface area contributed by atoms with Gasteiger partial charge in [-0.05, 0) is 24.5 Å². The number of hydrogen-bond acceptors (Lipinski definition) is 3. The Morgan fingerprint density at radius 2 is 2.29 bits per heavy atom. The smallest absolute Gasteiger partial charge is 0.320 e. The molecule has 0 fully saturated rings. The Balaban J connectivity index is 2.36. The van der Waals surface area contributed by atoms with Gasteiger partial charge in [-0.2, -0.15) is 0 Å². The van der Waals surface area contributed by atoms with Crippen molar-refractivity contribution in [3.63, 3.8) is 0 Å². The second kappa shape index (κ2) is 4.72. The summed E-state index contributed by atoms with van der Waals surface area (Å²) in [5.41, 5.74) is 0.427. The highest BCUT2D eigenvalue weighted by Gasteiger charge is 2.43. The topological polar surface area (TPSA) is 35.5 Å². The number of fused-ring (bicyclic) bond motifs is 1. The molecule has 3 nitrogen and oxygen atoms in total. The van der Waals surface area contributed by atoms with Gasteiger partial charge in [0.1, 0.15) is 5.75 Å². The third-order valence-corrected chi connectivity index (χ3v) is 3.09.